The highest BCUT2D eigenvalue weighted by Gasteiger charge is 2.14. The van der Waals surface area contributed by atoms with Crippen LogP contribution in [0.15, 0.2) is 12.3 Å². The van der Waals surface area contributed by atoms with Crippen LogP contribution in [0.5, 0.6) is 0 Å². The molecule has 0 bridgehead atoms. The molecule has 2 heteroatoms. The van der Waals surface area contributed by atoms with E-state index in [1.807, 2.05) is 12.3 Å². The molecular weight excluding hydrogens is 148 g/mol. The van der Waals surface area contributed by atoms with Crippen molar-refractivity contribution in [1.82, 2.24) is 4.90 Å². The second-order valence-electron chi connectivity index (χ2n) is 3.40. The SMILES string of the molecule is CN(C=CC#N)C1CCCCC1. The first kappa shape index (κ1) is 9.12. The lowest BCUT2D eigenvalue weighted by molar-refractivity contribution is 0.254. The summed E-state index contributed by atoms with van der Waals surface area (Å²) in [6.07, 6.45) is 10.1. The molecular formula is C10H16N2. The van der Waals surface area contributed by atoms with E-state index >= 15 is 0 Å². The van der Waals surface area contributed by atoms with Crippen molar-refractivity contribution in [1.29, 1.82) is 5.26 Å². The van der Waals surface area contributed by atoms with Crippen LogP contribution in [0.4, 0.5) is 0 Å². The van der Waals surface area contributed by atoms with Gasteiger partial charge in [-0.2, -0.15) is 5.26 Å². The van der Waals surface area contributed by atoms with E-state index in [-0.39, 0.29) is 0 Å². The van der Waals surface area contributed by atoms with Crippen molar-refractivity contribution in [3.05, 3.63) is 12.3 Å². The Morgan fingerprint density at radius 3 is 2.58 bits per heavy atom. The summed E-state index contributed by atoms with van der Waals surface area (Å²) in [5.41, 5.74) is 0. The lowest BCUT2D eigenvalue weighted by Gasteiger charge is -2.29. The molecule has 2 nitrogen and oxygen atoms in total. The summed E-state index contributed by atoms with van der Waals surface area (Å²) >= 11 is 0. The van der Waals surface area contributed by atoms with Crippen LogP contribution < -0.4 is 0 Å². The van der Waals surface area contributed by atoms with Gasteiger partial charge in [-0.25, -0.2) is 0 Å². The minimum absolute atomic E-state index is 0.670. The van der Waals surface area contributed by atoms with Crippen molar-refractivity contribution in [3.8, 4) is 6.07 Å². The highest BCUT2D eigenvalue weighted by molar-refractivity contribution is 5.01. The van der Waals surface area contributed by atoms with Gasteiger partial charge in [-0.3, -0.25) is 0 Å². The van der Waals surface area contributed by atoms with Gasteiger partial charge in [0.15, 0.2) is 0 Å². The maximum atomic E-state index is 8.35. The van der Waals surface area contributed by atoms with Crippen LogP contribution in [0.1, 0.15) is 32.1 Å². The quantitative estimate of drug-likeness (QED) is 0.585. The number of nitriles is 1. The summed E-state index contributed by atoms with van der Waals surface area (Å²) in [5, 5.41) is 8.35. The van der Waals surface area contributed by atoms with Crippen LogP contribution in [0.3, 0.4) is 0 Å². The zero-order valence-corrected chi connectivity index (χ0v) is 7.66. The summed E-state index contributed by atoms with van der Waals surface area (Å²) < 4.78 is 0. The number of allylic oxidation sites excluding steroid dienone is 1. The summed E-state index contributed by atoms with van der Waals surface area (Å²) in [6, 6.07) is 2.69. The molecule has 0 radical (unpaired) electrons. The first-order valence-corrected chi connectivity index (χ1v) is 4.63. The first-order valence-electron chi connectivity index (χ1n) is 4.63. The van der Waals surface area contributed by atoms with Crippen molar-refractivity contribution in [2.24, 2.45) is 0 Å². The fourth-order valence-corrected chi connectivity index (χ4v) is 1.76. The zero-order valence-electron chi connectivity index (χ0n) is 7.66. The predicted octanol–water partition coefficient (Wildman–Crippen LogP) is 2.29. The minimum Gasteiger partial charge on any atom is -0.377 e. The van der Waals surface area contributed by atoms with E-state index in [2.05, 4.69) is 11.9 Å². The minimum atomic E-state index is 0.670. The summed E-state index contributed by atoms with van der Waals surface area (Å²) in [6.45, 7) is 0. The fourth-order valence-electron chi connectivity index (χ4n) is 1.76. The molecule has 1 rings (SSSR count). The van der Waals surface area contributed by atoms with Crippen molar-refractivity contribution in [2.75, 3.05) is 7.05 Å². The molecule has 0 aromatic rings. The average molecular weight is 164 g/mol. The highest BCUT2D eigenvalue weighted by atomic mass is 15.1. The van der Waals surface area contributed by atoms with Gasteiger partial charge in [-0.05, 0) is 12.8 Å². The molecule has 1 fully saturated rings. The fraction of sp³-hybridized carbons (Fsp3) is 0.700. The molecule has 0 saturated heterocycles. The van der Waals surface area contributed by atoms with Crippen LogP contribution in [-0.4, -0.2) is 18.0 Å². The second-order valence-corrected chi connectivity index (χ2v) is 3.40. The van der Waals surface area contributed by atoms with Gasteiger partial charge in [0.25, 0.3) is 0 Å². The zero-order chi connectivity index (χ0) is 8.81. The topological polar surface area (TPSA) is 27.0 Å². The van der Waals surface area contributed by atoms with Crippen molar-refractivity contribution in [3.63, 3.8) is 0 Å². The number of hydrogen-bond acceptors (Lipinski definition) is 2. The average Bonchev–Trinajstić information content (AvgIpc) is 2.15. The molecule has 1 aliphatic carbocycles. The first-order chi connectivity index (χ1) is 5.84. The van der Waals surface area contributed by atoms with E-state index in [1.54, 1.807) is 6.08 Å². The molecule has 0 amide bonds. The summed E-state index contributed by atoms with van der Waals surface area (Å²) in [4.78, 5) is 2.17. The van der Waals surface area contributed by atoms with E-state index in [0.29, 0.717) is 6.04 Å². The third-order valence-electron chi connectivity index (χ3n) is 2.53. The van der Waals surface area contributed by atoms with Gasteiger partial charge < -0.3 is 4.90 Å². The van der Waals surface area contributed by atoms with Crippen molar-refractivity contribution >= 4 is 0 Å². The molecule has 0 N–H and O–H groups in total. The maximum Gasteiger partial charge on any atom is 0.0927 e. The predicted molar refractivity (Wildman–Crippen MR) is 49.4 cm³/mol. The van der Waals surface area contributed by atoms with E-state index < -0.39 is 0 Å². The Balaban J connectivity index is 2.35. The largest absolute Gasteiger partial charge is 0.377 e. The van der Waals surface area contributed by atoms with Crippen molar-refractivity contribution < 1.29 is 0 Å². The second kappa shape index (κ2) is 4.82. The van der Waals surface area contributed by atoms with Gasteiger partial charge in [-0.1, -0.05) is 19.3 Å². The number of nitrogens with zero attached hydrogens (tertiary/aromatic N) is 2. The Bertz CT molecular complexity index is 185. The lowest BCUT2D eigenvalue weighted by Crippen LogP contribution is -2.28. The Kier molecular flexibility index (Phi) is 3.66. The number of hydrogen-bond donors (Lipinski definition) is 0. The van der Waals surface area contributed by atoms with E-state index in [9.17, 15) is 0 Å². The molecule has 1 aliphatic rings. The molecule has 0 aromatic carbocycles. The molecule has 0 unspecified atom stereocenters. The molecule has 12 heavy (non-hydrogen) atoms. The van der Waals surface area contributed by atoms with E-state index in [0.717, 1.165) is 0 Å². The van der Waals surface area contributed by atoms with Gasteiger partial charge in [0, 0.05) is 25.4 Å². The Hall–Kier alpha value is -0.970. The standard InChI is InChI=1S/C10H16N2/c1-12(9-5-8-11)10-6-3-2-4-7-10/h5,9-10H,2-4,6-7H2,1H3. The Labute approximate surface area is 74.5 Å². The lowest BCUT2D eigenvalue weighted by atomic mass is 9.95. The molecule has 0 aromatic heterocycles. The van der Waals surface area contributed by atoms with Crippen LogP contribution in [-0.2, 0) is 0 Å². The normalized spacial score (nSPS) is 19.3. The molecule has 66 valence electrons. The van der Waals surface area contributed by atoms with E-state index in [4.69, 9.17) is 5.26 Å². The van der Waals surface area contributed by atoms with Crippen LogP contribution in [0.25, 0.3) is 0 Å². The highest BCUT2D eigenvalue weighted by Crippen LogP contribution is 2.21. The maximum absolute atomic E-state index is 8.35. The number of rotatable bonds is 2. The third kappa shape index (κ3) is 2.58. The van der Waals surface area contributed by atoms with Crippen LogP contribution in [0.2, 0.25) is 0 Å². The molecule has 1 saturated carbocycles. The summed E-state index contributed by atoms with van der Waals surface area (Å²) in [5.74, 6) is 0. The van der Waals surface area contributed by atoms with Crippen LogP contribution in [0, 0.1) is 11.3 Å². The molecule has 0 atom stereocenters. The Morgan fingerprint density at radius 2 is 2.00 bits per heavy atom. The van der Waals surface area contributed by atoms with Gasteiger partial charge in [0.2, 0.25) is 0 Å². The molecule has 0 spiro atoms. The van der Waals surface area contributed by atoms with Gasteiger partial charge in [0.05, 0.1) is 6.07 Å². The van der Waals surface area contributed by atoms with Crippen molar-refractivity contribution in [2.45, 2.75) is 38.1 Å². The monoisotopic (exact) mass is 164 g/mol. The third-order valence-corrected chi connectivity index (χ3v) is 2.53. The summed E-state index contributed by atoms with van der Waals surface area (Å²) in [7, 11) is 2.06. The molecule has 0 heterocycles. The van der Waals surface area contributed by atoms with Gasteiger partial charge in [-0.15, -0.1) is 0 Å². The molecule has 0 aliphatic heterocycles. The smallest absolute Gasteiger partial charge is 0.0927 e. The van der Waals surface area contributed by atoms with E-state index in [1.165, 1.54) is 32.1 Å². The van der Waals surface area contributed by atoms with Crippen LogP contribution >= 0.6 is 0 Å². The van der Waals surface area contributed by atoms with Gasteiger partial charge >= 0.3 is 0 Å². The Morgan fingerprint density at radius 1 is 1.33 bits per heavy atom. The van der Waals surface area contributed by atoms with Gasteiger partial charge in [0.1, 0.15) is 0 Å².